The van der Waals surface area contributed by atoms with E-state index >= 15 is 0 Å². The maximum atomic E-state index is 14.0. The smallest absolute Gasteiger partial charge is 0.410 e. The Morgan fingerprint density at radius 3 is 2.20 bits per heavy atom. The Morgan fingerprint density at radius 2 is 1.58 bits per heavy atom. The number of hydrogen-bond acceptors (Lipinski definition) is 17. The minimum atomic E-state index is -1.19. The van der Waals surface area contributed by atoms with Gasteiger partial charge in [0, 0.05) is 103 Å². The van der Waals surface area contributed by atoms with Crippen LogP contribution in [0.25, 0.3) is 0 Å². The molecule has 4 aliphatic rings. The van der Waals surface area contributed by atoms with E-state index in [4.69, 9.17) is 29.4 Å². The summed E-state index contributed by atoms with van der Waals surface area (Å²) in [7, 11) is 1.57. The van der Waals surface area contributed by atoms with Crippen molar-refractivity contribution in [1.82, 2.24) is 20.0 Å². The second kappa shape index (κ2) is 35.8. The molecule has 22 heteroatoms. The number of nitrogens with two attached hydrogens (primary N) is 1. The highest BCUT2D eigenvalue weighted by atomic mass is 32.2. The Balaban J connectivity index is 1.12. The lowest BCUT2D eigenvalue weighted by Crippen LogP contribution is -2.52. The van der Waals surface area contributed by atoms with Crippen molar-refractivity contribution in [2.24, 2.45) is 35.3 Å². The number of epoxide rings is 1. The molecule has 5 N–H and O–H groups in total. The molecule has 0 aromatic heterocycles. The number of carbonyl (C=O) groups excluding carboxylic acids is 9. The number of ketones is 2. The third-order valence-electron chi connectivity index (χ3n) is 18.2. The molecule has 0 saturated carbocycles. The van der Waals surface area contributed by atoms with Gasteiger partial charge in [-0.3, -0.25) is 38.5 Å². The number of esters is 1. The summed E-state index contributed by atoms with van der Waals surface area (Å²) in [5.74, 6) is -3.26. The number of nitrogens with zero attached hydrogens (tertiary/aromatic N) is 3. The molecule has 13 atom stereocenters. The standard InChI is InChI=1S/C68H103N5O16S/c1-12-53(75)47(7)62-55(87-62)41-67(8,84)30-18-19-45(5)61-46(6)23-28-57(68(9,85-10)31-29-44(4)37-60(79)89-61)88-66(83)72-35-33-71(34-36-72)65(82)86-42-49-26-24-48(25-27-49)38-54(76)52(21-15-16-22-58(69)77)70-63(80)51(43(2)3)39-50(74)20-14-13-17-32-73-59(78)40-56(90-11)64(73)81/h18-19,23-28,30,43-44,46-47,51-53,55-57,61-62,75,84H,12-17,20-22,29,31-42H2,1-11H3,(H2,69,77)(H,70,80)/b28-23+,30-18+,45-19+/t44-,46+,47-,51+,52+,53+,55-,56?,57+,61-,62-,67+,68+/m1/s1. The Morgan fingerprint density at radius 1 is 0.922 bits per heavy atom. The van der Waals surface area contributed by atoms with Crippen molar-refractivity contribution < 1.29 is 77.0 Å². The number of allylic oxidation sites excluding steroid dienone is 2. The number of primary amides is 1. The number of benzene rings is 1. The van der Waals surface area contributed by atoms with Crippen LogP contribution in [0.4, 0.5) is 9.59 Å². The lowest BCUT2D eigenvalue weighted by molar-refractivity contribution is -0.150. The van der Waals surface area contributed by atoms with E-state index < -0.39 is 65.5 Å². The molecule has 0 spiro atoms. The van der Waals surface area contributed by atoms with Gasteiger partial charge in [-0.25, -0.2) is 9.59 Å². The van der Waals surface area contributed by atoms with E-state index in [2.05, 4.69) is 5.32 Å². The van der Waals surface area contributed by atoms with Crippen LogP contribution in [0.2, 0.25) is 0 Å². The number of rotatable bonds is 32. The van der Waals surface area contributed by atoms with E-state index in [-0.39, 0.29) is 148 Å². The number of methoxy groups -OCH3 is 1. The summed E-state index contributed by atoms with van der Waals surface area (Å²) in [6.45, 7) is 17.9. The van der Waals surface area contributed by atoms with Crippen LogP contribution >= 0.6 is 11.8 Å². The molecule has 1 unspecified atom stereocenters. The predicted molar refractivity (Wildman–Crippen MR) is 342 cm³/mol. The van der Waals surface area contributed by atoms with Crippen LogP contribution in [0.15, 0.2) is 60.2 Å². The highest BCUT2D eigenvalue weighted by Gasteiger charge is 2.47. The van der Waals surface area contributed by atoms with E-state index in [0.29, 0.717) is 75.5 Å². The fraction of sp³-hybridized carbons (Fsp3) is 0.691. The average molecular weight is 1280 g/mol. The first-order chi connectivity index (χ1) is 42.6. The van der Waals surface area contributed by atoms with Crippen molar-refractivity contribution in [1.29, 1.82) is 0 Å². The average Bonchev–Trinajstić information content (AvgIpc) is 1.63. The molecule has 502 valence electrons. The number of aliphatic hydroxyl groups is 2. The van der Waals surface area contributed by atoms with Gasteiger partial charge in [0.1, 0.15) is 24.1 Å². The maximum Gasteiger partial charge on any atom is 0.410 e. The number of cyclic esters (lactones) is 1. The number of Topliss-reactive ketones (excluding diaryl/α,β-unsaturated/α-hetero) is 2. The van der Waals surface area contributed by atoms with E-state index in [1.54, 1.807) is 61.4 Å². The number of imide groups is 1. The Bertz CT molecular complexity index is 2690. The zero-order valence-electron chi connectivity index (χ0n) is 55.1. The van der Waals surface area contributed by atoms with Gasteiger partial charge in [0.25, 0.3) is 0 Å². The first-order valence-electron chi connectivity index (χ1n) is 32.4. The summed E-state index contributed by atoms with van der Waals surface area (Å²) in [4.78, 5) is 122. The molecule has 4 heterocycles. The van der Waals surface area contributed by atoms with Gasteiger partial charge < -0.3 is 54.7 Å². The molecule has 1 aromatic carbocycles. The van der Waals surface area contributed by atoms with Crippen LogP contribution in [-0.2, 0) is 70.3 Å². The number of hydrogen-bond donors (Lipinski definition) is 4. The van der Waals surface area contributed by atoms with Gasteiger partial charge in [0.15, 0.2) is 11.9 Å². The minimum absolute atomic E-state index is 0.00163. The predicted octanol–water partition coefficient (Wildman–Crippen LogP) is 8.52. The number of ether oxygens (including phenoxy) is 5. The first kappa shape index (κ1) is 74.8. The maximum absolute atomic E-state index is 14.0. The number of aliphatic hydroxyl groups excluding tert-OH is 1. The summed E-state index contributed by atoms with van der Waals surface area (Å²) in [6, 6.07) is 6.13. The summed E-state index contributed by atoms with van der Waals surface area (Å²) in [5, 5.41) is 24.1. The molecular weight excluding hydrogens is 1170 g/mol. The van der Waals surface area contributed by atoms with Gasteiger partial charge in [-0.15, -0.1) is 0 Å². The molecule has 90 heavy (non-hydrogen) atoms. The Kier molecular flexibility index (Phi) is 29.7. The fourth-order valence-electron chi connectivity index (χ4n) is 11.8. The quantitative estimate of drug-likeness (QED) is 0.00999. The fourth-order valence-corrected chi connectivity index (χ4v) is 12.4. The lowest BCUT2D eigenvalue weighted by atomic mass is 9.86. The van der Waals surface area contributed by atoms with Crippen molar-refractivity contribution in [3.8, 4) is 0 Å². The highest BCUT2D eigenvalue weighted by molar-refractivity contribution is 8.00. The van der Waals surface area contributed by atoms with Crippen molar-refractivity contribution in [3.05, 3.63) is 71.3 Å². The van der Waals surface area contributed by atoms with Crippen LogP contribution in [-0.4, -0.2) is 177 Å². The van der Waals surface area contributed by atoms with Crippen LogP contribution in [0.5, 0.6) is 0 Å². The van der Waals surface area contributed by atoms with Crippen molar-refractivity contribution >= 4 is 65.1 Å². The summed E-state index contributed by atoms with van der Waals surface area (Å²) >= 11 is 1.37. The van der Waals surface area contributed by atoms with Gasteiger partial charge in [-0.2, -0.15) is 11.8 Å². The van der Waals surface area contributed by atoms with Gasteiger partial charge in [-0.05, 0) is 107 Å². The van der Waals surface area contributed by atoms with Crippen LogP contribution in [0.1, 0.15) is 170 Å². The summed E-state index contributed by atoms with van der Waals surface area (Å²) in [5.41, 5.74) is 5.30. The molecular formula is C68H103N5O16S. The number of likely N-dealkylation sites (tertiary alicyclic amines) is 1. The highest BCUT2D eigenvalue weighted by Crippen LogP contribution is 2.38. The van der Waals surface area contributed by atoms with Crippen LogP contribution in [0.3, 0.4) is 0 Å². The molecule has 0 radical (unpaired) electrons. The van der Waals surface area contributed by atoms with Gasteiger partial charge in [0.2, 0.25) is 23.6 Å². The molecule has 0 bridgehead atoms. The second-order valence-corrected chi connectivity index (χ2v) is 27.1. The molecule has 0 aliphatic carbocycles. The zero-order chi connectivity index (χ0) is 66.5. The zero-order valence-corrected chi connectivity index (χ0v) is 55.9. The minimum Gasteiger partial charge on any atom is -0.457 e. The van der Waals surface area contributed by atoms with Gasteiger partial charge >= 0.3 is 18.2 Å². The topological polar surface area (TPSA) is 291 Å². The third kappa shape index (κ3) is 23.3. The summed E-state index contributed by atoms with van der Waals surface area (Å²) in [6.07, 6.45) is 13.0. The van der Waals surface area contributed by atoms with Gasteiger partial charge in [0.05, 0.1) is 35.2 Å². The molecule has 1 aromatic rings. The number of piperazine rings is 1. The SMILES string of the molecule is CC[C@H](O)[C@@H](C)[C@H]1O[C@@H]1C[C@@](C)(O)/C=C/C=C(\C)[C@H]1OC(=O)C[C@H](C)CC[C@](C)(OC)[C@@H](OC(=O)N2CCN(C(=O)OCc3ccc(CC(=O)[C@H](CCCCC(N)=O)NC(=O)[C@@H](CC(=O)CCCCCN4C(=O)CC(SC)C4=O)C(C)C)cc3)CC2)/C=C/[C@@H]1C. The number of unbranched alkanes of at least 4 members (excludes halogenated alkanes) is 3. The van der Waals surface area contributed by atoms with Crippen molar-refractivity contribution in [2.45, 2.75) is 225 Å². The molecule has 6 amide bonds. The van der Waals surface area contributed by atoms with Crippen LogP contribution in [0, 0.1) is 29.6 Å². The number of amides is 6. The monoisotopic (exact) mass is 1280 g/mol. The molecule has 3 fully saturated rings. The molecule has 4 aliphatic heterocycles. The van der Waals surface area contributed by atoms with E-state index in [1.165, 1.54) is 21.6 Å². The van der Waals surface area contributed by atoms with E-state index in [0.717, 1.165) is 5.57 Å². The molecule has 5 rings (SSSR count). The molecule has 21 nitrogen and oxygen atoms in total. The van der Waals surface area contributed by atoms with E-state index in [1.807, 2.05) is 73.8 Å². The number of carbonyl (C=O) groups is 9. The van der Waals surface area contributed by atoms with Crippen molar-refractivity contribution in [2.75, 3.05) is 46.1 Å². The number of thioether (sulfide) groups is 1. The van der Waals surface area contributed by atoms with E-state index in [9.17, 15) is 53.4 Å². The summed E-state index contributed by atoms with van der Waals surface area (Å²) < 4.78 is 30.0. The largest absolute Gasteiger partial charge is 0.457 e. The molecule has 3 saturated heterocycles. The van der Waals surface area contributed by atoms with Crippen molar-refractivity contribution in [3.63, 3.8) is 0 Å². The lowest BCUT2D eigenvalue weighted by Gasteiger charge is -2.38. The Labute approximate surface area is 537 Å². The van der Waals surface area contributed by atoms with Gasteiger partial charge in [-0.1, -0.05) is 103 Å². The normalized spacial score (nSPS) is 25.9. The number of nitrogens with one attached hydrogen (secondary N) is 1. The first-order valence-corrected chi connectivity index (χ1v) is 33.7. The Hall–Kier alpha value is -5.94. The van der Waals surface area contributed by atoms with Crippen LogP contribution < -0.4 is 11.1 Å². The second-order valence-electron chi connectivity index (χ2n) is 26.1. The third-order valence-corrected chi connectivity index (χ3v) is 19.1.